The Bertz CT molecular complexity index is 274. The molecule has 2 heteroatoms. The summed E-state index contributed by atoms with van der Waals surface area (Å²) in [5.41, 5.74) is 0.637. The summed E-state index contributed by atoms with van der Waals surface area (Å²) in [5.74, 6) is 0.493. The number of hydrogen-bond acceptors (Lipinski definition) is 2. The van der Waals surface area contributed by atoms with Crippen LogP contribution in [-0.2, 0) is 4.79 Å². The van der Waals surface area contributed by atoms with Gasteiger partial charge in [-0.1, -0.05) is 33.6 Å². The molecular formula is C13H22O2. The van der Waals surface area contributed by atoms with Crippen LogP contribution in [0.25, 0.3) is 0 Å². The molecular weight excluding hydrogens is 188 g/mol. The number of unbranched alkanes of at least 4 members (excludes halogenated alkanes) is 2. The second kappa shape index (κ2) is 4.82. The van der Waals surface area contributed by atoms with Gasteiger partial charge in [0.25, 0.3) is 0 Å². The molecule has 0 aliphatic heterocycles. The number of carbonyl (C=O) groups excluding carboxylic acids is 1. The molecule has 0 aromatic carbocycles. The third-order valence-electron chi connectivity index (χ3n) is 3.00. The Morgan fingerprint density at radius 3 is 2.47 bits per heavy atom. The number of aliphatic hydroxyl groups excluding tert-OH is 1. The monoisotopic (exact) mass is 210 g/mol. The lowest BCUT2D eigenvalue weighted by Crippen LogP contribution is -2.25. The number of allylic oxidation sites excluding steroid dienone is 2. The molecule has 0 saturated heterocycles. The van der Waals surface area contributed by atoms with Gasteiger partial charge in [0.05, 0.1) is 5.76 Å². The molecule has 15 heavy (non-hydrogen) atoms. The van der Waals surface area contributed by atoms with Crippen LogP contribution in [-0.4, -0.2) is 10.9 Å². The topological polar surface area (TPSA) is 37.3 Å². The maximum atomic E-state index is 11.8. The van der Waals surface area contributed by atoms with E-state index in [0.717, 1.165) is 25.7 Å². The van der Waals surface area contributed by atoms with Gasteiger partial charge >= 0.3 is 0 Å². The molecule has 0 spiro atoms. The number of Topliss-reactive ketones (excluding diaryl/α,β-unsaturated/α-hetero) is 1. The maximum absolute atomic E-state index is 11.8. The van der Waals surface area contributed by atoms with E-state index in [-0.39, 0.29) is 11.2 Å². The second-order valence-electron chi connectivity index (χ2n) is 5.32. The van der Waals surface area contributed by atoms with Crippen LogP contribution in [0.2, 0.25) is 0 Å². The first-order valence-electron chi connectivity index (χ1n) is 5.90. The van der Waals surface area contributed by atoms with Gasteiger partial charge in [0, 0.05) is 18.4 Å². The summed E-state index contributed by atoms with van der Waals surface area (Å²) < 4.78 is 0. The summed E-state index contributed by atoms with van der Waals surface area (Å²) in [6.45, 7) is 6.20. The van der Waals surface area contributed by atoms with Gasteiger partial charge in [0.1, 0.15) is 0 Å². The molecule has 2 nitrogen and oxygen atoms in total. The fourth-order valence-electron chi connectivity index (χ4n) is 2.16. The van der Waals surface area contributed by atoms with Crippen molar-refractivity contribution in [1.29, 1.82) is 0 Å². The second-order valence-corrected chi connectivity index (χ2v) is 5.32. The van der Waals surface area contributed by atoms with Crippen LogP contribution in [0.15, 0.2) is 11.3 Å². The molecule has 0 bridgehead atoms. The highest BCUT2D eigenvalue weighted by molar-refractivity contribution is 5.97. The van der Waals surface area contributed by atoms with Crippen molar-refractivity contribution in [1.82, 2.24) is 0 Å². The Kier molecular flexibility index (Phi) is 3.95. The minimum Gasteiger partial charge on any atom is -0.512 e. The zero-order chi connectivity index (χ0) is 11.5. The third-order valence-corrected chi connectivity index (χ3v) is 3.00. The van der Waals surface area contributed by atoms with Crippen molar-refractivity contribution in [3.63, 3.8) is 0 Å². The van der Waals surface area contributed by atoms with E-state index in [4.69, 9.17) is 0 Å². The van der Waals surface area contributed by atoms with Crippen molar-refractivity contribution in [3.8, 4) is 0 Å². The zero-order valence-corrected chi connectivity index (χ0v) is 10.1. The predicted molar refractivity (Wildman–Crippen MR) is 61.8 cm³/mol. The first-order chi connectivity index (χ1) is 6.96. The van der Waals surface area contributed by atoms with E-state index in [2.05, 4.69) is 6.92 Å². The fraction of sp³-hybridized carbons (Fsp3) is 0.769. The third kappa shape index (κ3) is 3.37. The van der Waals surface area contributed by atoms with Crippen molar-refractivity contribution in [2.45, 2.75) is 59.3 Å². The summed E-state index contributed by atoms with van der Waals surface area (Å²) in [6, 6.07) is 0. The number of carbonyl (C=O) groups is 1. The highest BCUT2D eigenvalue weighted by Crippen LogP contribution is 2.37. The fourth-order valence-corrected chi connectivity index (χ4v) is 2.16. The van der Waals surface area contributed by atoms with E-state index >= 15 is 0 Å². The van der Waals surface area contributed by atoms with Gasteiger partial charge in [-0.3, -0.25) is 4.79 Å². The molecule has 1 rings (SSSR count). The van der Waals surface area contributed by atoms with E-state index in [1.807, 2.05) is 13.8 Å². The van der Waals surface area contributed by atoms with Crippen LogP contribution in [0.1, 0.15) is 59.3 Å². The Hall–Kier alpha value is -0.790. The van der Waals surface area contributed by atoms with E-state index in [9.17, 15) is 9.90 Å². The average Bonchev–Trinajstić information content (AvgIpc) is 2.08. The van der Waals surface area contributed by atoms with E-state index in [1.165, 1.54) is 0 Å². The van der Waals surface area contributed by atoms with E-state index in [1.54, 1.807) is 0 Å². The Morgan fingerprint density at radius 1 is 1.27 bits per heavy atom. The van der Waals surface area contributed by atoms with Gasteiger partial charge in [-0.15, -0.1) is 0 Å². The summed E-state index contributed by atoms with van der Waals surface area (Å²) in [7, 11) is 0. The number of aliphatic hydroxyl groups is 1. The van der Waals surface area contributed by atoms with Gasteiger partial charge in [0.2, 0.25) is 0 Å². The number of hydrogen-bond donors (Lipinski definition) is 1. The normalized spacial score (nSPS) is 20.9. The number of rotatable bonds is 4. The summed E-state index contributed by atoms with van der Waals surface area (Å²) in [5, 5.41) is 9.83. The van der Waals surface area contributed by atoms with Crippen LogP contribution in [0.5, 0.6) is 0 Å². The highest BCUT2D eigenvalue weighted by Gasteiger charge is 2.32. The largest absolute Gasteiger partial charge is 0.512 e. The molecule has 86 valence electrons. The minimum atomic E-state index is -0.0601. The molecule has 0 aromatic rings. The smallest absolute Gasteiger partial charge is 0.162 e. The molecule has 0 aromatic heterocycles. The molecule has 0 atom stereocenters. The van der Waals surface area contributed by atoms with Crippen molar-refractivity contribution in [3.05, 3.63) is 11.3 Å². The van der Waals surface area contributed by atoms with Gasteiger partial charge < -0.3 is 5.11 Å². The van der Waals surface area contributed by atoms with Crippen LogP contribution >= 0.6 is 0 Å². The van der Waals surface area contributed by atoms with Gasteiger partial charge in [-0.25, -0.2) is 0 Å². The van der Waals surface area contributed by atoms with Crippen LogP contribution in [0.4, 0.5) is 0 Å². The molecule has 0 unspecified atom stereocenters. The molecule has 0 radical (unpaired) electrons. The summed E-state index contributed by atoms with van der Waals surface area (Å²) in [4.78, 5) is 11.8. The standard InChI is InChI=1S/C13H22O2/c1-4-5-6-7-10-11(14)8-13(2,3)9-12(10)15/h14H,4-9H2,1-3H3. The van der Waals surface area contributed by atoms with Crippen molar-refractivity contribution < 1.29 is 9.90 Å². The van der Waals surface area contributed by atoms with E-state index < -0.39 is 0 Å². The Balaban J connectivity index is 2.65. The predicted octanol–water partition coefficient (Wildman–Crippen LogP) is 3.77. The molecule has 0 amide bonds. The maximum Gasteiger partial charge on any atom is 0.162 e. The first kappa shape index (κ1) is 12.3. The first-order valence-corrected chi connectivity index (χ1v) is 5.90. The lowest BCUT2D eigenvalue weighted by Gasteiger charge is -2.29. The molecule has 1 N–H and O–H groups in total. The minimum absolute atomic E-state index is 0.0601. The van der Waals surface area contributed by atoms with Gasteiger partial charge in [-0.2, -0.15) is 0 Å². The van der Waals surface area contributed by atoms with Gasteiger partial charge in [-0.05, 0) is 18.3 Å². The average molecular weight is 210 g/mol. The molecule has 0 fully saturated rings. The Labute approximate surface area is 92.4 Å². The molecule has 1 aliphatic carbocycles. The Morgan fingerprint density at radius 2 is 1.93 bits per heavy atom. The van der Waals surface area contributed by atoms with Crippen LogP contribution < -0.4 is 0 Å². The van der Waals surface area contributed by atoms with Crippen LogP contribution in [0, 0.1) is 5.41 Å². The lowest BCUT2D eigenvalue weighted by atomic mass is 9.75. The summed E-state index contributed by atoms with van der Waals surface area (Å²) >= 11 is 0. The van der Waals surface area contributed by atoms with Crippen LogP contribution in [0.3, 0.4) is 0 Å². The quantitative estimate of drug-likeness (QED) is 0.717. The molecule has 1 aliphatic rings. The van der Waals surface area contributed by atoms with Gasteiger partial charge in [0.15, 0.2) is 5.78 Å². The molecule has 0 saturated carbocycles. The van der Waals surface area contributed by atoms with Crippen molar-refractivity contribution >= 4 is 5.78 Å². The van der Waals surface area contributed by atoms with Crippen molar-refractivity contribution in [2.75, 3.05) is 0 Å². The lowest BCUT2D eigenvalue weighted by molar-refractivity contribution is -0.118. The number of ketones is 1. The molecule has 0 heterocycles. The summed E-state index contributed by atoms with van der Waals surface area (Å²) in [6.07, 6.45) is 5.29. The zero-order valence-electron chi connectivity index (χ0n) is 10.1. The SMILES string of the molecule is CCCCCC1=C(O)CC(C)(C)CC1=O. The van der Waals surface area contributed by atoms with E-state index in [0.29, 0.717) is 24.2 Å². The highest BCUT2D eigenvalue weighted by atomic mass is 16.3. The van der Waals surface area contributed by atoms with Crippen molar-refractivity contribution in [2.24, 2.45) is 5.41 Å².